The lowest BCUT2D eigenvalue weighted by Crippen LogP contribution is -2.32. The molecule has 0 heterocycles. The molecule has 0 aliphatic rings. The molecular weight excluding hydrogens is 215 g/mol. The summed E-state index contributed by atoms with van der Waals surface area (Å²) in [5.74, 6) is 1.92. The van der Waals surface area contributed by atoms with Gasteiger partial charge in [0.25, 0.3) is 0 Å². The van der Waals surface area contributed by atoms with Crippen molar-refractivity contribution in [1.82, 2.24) is 5.32 Å². The van der Waals surface area contributed by atoms with Crippen molar-refractivity contribution in [2.45, 2.75) is 26.3 Å². The Balaban J connectivity index is 3.27. The smallest absolute Gasteiger partial charge is 0.311 e. The summed E-state index contributed by atoms with van der Waals surface area (Å²) in [6.45, 7) is 3.88. The van der Waals surface area contributed by atoms with Crippen LogP contribution in [-0.2, 0) is 4.74 Å². The van der Waals surface area contributed by atoms with Gasteiger partial charge in [0.15, 0.2) is 0 Å². The van der Waals surface area contributed by atoms with Crippen molar-refractivity contribution < 1.29 is 17.9 Å². The van der Waals surface area contributed by atoms with Gasteiger partial charge in [0.05, 0.1) is 6.61 Å². The van der Waals surface area contributed by atoms with Crippen LogP contribution in [0.1, 0.15) is 13.8 Å². The zero-order valence-electron chi connectivity index (χ0n) is 8.36. The fourth-order valence-corrected chi connectivity index (χ4v) is 1.53. The highest BCUT2D eigenvalue weighted by Crippen LogP contribution is 2.15. The van der Waals surface area contributed by atoms with Crippen LogP contribution in [0.5, 0.6) is 0 Å². The second kappa shape index (κ2) is 7.36. The number of alkyl halides is 3. The molecule has 0 spiro atoms. The van der Waals surface area contributed by atoms with Crippen LogP contribution in [0.3, 0.4) is 0 Å². The number of ether oxygens (including phenoxy) is 1. The molecule has 0 aromatic heterocycles. The highest BCUT2D eigenvalue weighted by atomic mass is 32.2. The first-order valence-electron chi connectivity index (χ1n) is 4.47. The molecule has 0 bridgehead atoms. The standard InChI is InChI=1S/C8H16F3NOS/c1-3-14-6-7(2)12-4-5-13-8(9,10)11/h7,12H,3-6H2,1-2H3. The Kier molecular flexibility index (Phi) is 7.40. The summed E-state index contributed by atoms with van der Waals surface area (Å²) in [5, 5.41) is 2.94. The van der Waals surface area contributed by atoms with E-state index in [0.717, 1.165) is 11.5 Å². The fourth-order valence-electron chi connectivity index (χ4n) is 0.826. The molecule has 1 unspecified atom stereocenters. The van der Waals surface area contributed by atoms with E-state index in [1.165, 1.54) is 0 Å². The van der Waals surface area contributed by atoms with Crippen LogP contribution in [0.25, 0.3) is 0 Å². The van der Waals surface area contributed by atoms with Crippen LogP contribution in [0.15, 0.2) is 0 Å². The summed E-state index contributed by atoms with van der Waals surface area (Å²) in [6.07, 6.45) is -4.51. The van der Waals surface area contributed by atoms with E-state index in [9.17, 15) is 13.2 Å². The number of thioether (sulfide) groups is 1. The highest BCUT2D eigenvalue weighted by Gasteiger charge is 2.28. The van der Waals surface area contributed by atoms with Gasteiger partial charge in [0, 0.05) is 18.3 Å². The van der Waals surface area contributed by atoms with Crippen molar-refractivity contribution in [2.75, 3.05) is 24.7 Å². The molecule has 0 saturated carbocycles. The zero-order chi connectivity index (χ0) is 11.0. The average Bonchev–Trinajstić information content (AvgIpc) is 2.07. The van der Waals surface area contributed by atoms with E-state index in [4.69, 9.17) is 0 Å². The van der Waals surface area contributed by atoms with Crippen LogP contribution in [0.2, 0.25) is 0 Å². The first kappa shape index (κ1) is 14.1. The molecule has 0 aliphatic heterocycles. The number of halogens is 3. The molecule has 0 aliphatic carbocycles. The summed E-state index contributed by atoms with van der Waals surface area (Å²) in [7, 11) is 0. The Hall–Kier alpha value is 0.0600. The summed E-state index contributed by atoms with van der Waals surface area (Å²) in [4.78, 5) is 0. The second-order valence-corrected chi connectivity index (χ2v) is 4.13. The van der Waals surface area contributed by atoms with Gasteiger partial charge < -0.3 is 5.32 Å². The van der Waals surface area contributed by atoms with Gasteiger partial charge in [0.2, 0.25) is 0 Å². The number of nitrogens with one attached hydrogen (secondary N) is 1. The summed E-state index contributed by atoms with van der Waals surface area (Å²) in [5.41, 5.74) is 0. The third kappa shape index (κ3) is 10.1. The maximum absolute atomic E-state index is 11.5. The van der Waals surface area contributed by atoms with Gasteiger partial charge in [-0.1, -0.05) is 6.92 Å². The first-order valence-corrected chi connectivity index (χ1v) is 5.63. The van der Waals surface area contributed by atoms with Crippen molar-refractivity contribution in [3.63, 3.8) is 0 Å². The Morgan fingerprint density at radius 2 is 2.07 bits per heavy atom. The summed E-state index contributed by atoms with van der Waals surface area (Å²) in [6, 6.07) is 0.219. The van der Waals surface area contributed by atoms with E-state index in [2.05, 4.69) is 10.1 Å². The molecule has 2 nitrogen and oxygen atoms in total. The van der Waals surface area contributed by atoms with Gasteiger partial charge in [-0.05, 0) is 12.7 Å². The van der Waals surface area contributed by atoms with Crippen molar-refractivity contribution in [3.05, 3.63) is 0 Å². The highest BCUT2D eigenvalue weighted by molar-refractivity contribution is 7.99. The van der Waals surface area contributed by atoms with Crippen molar-refractivity contribution in [3.8, 4) is 0 Å². The molecule has 0 aromatic carbocycles. The van der Waals surface area contributed by atoms with Crippen molar-refractivity contribution >= 4 is 11.8 Å². The minimum absolute atomic E-state index is 0.219. The predicted molar refractivity (Wildman–Crippen MR) is 52.5 cm³/mol. The SMILES string of the molecule is CCSCC(C)NCCOC(F)(F)F. The number of hydrogen-bond donors (Lipinski definition) is 1. The minimum Gasteiger partial charge on any atom is -0.311 e. The van der Waals surface area contributed by atoms with E-state index in [1.54, 1.807) is 11.8 Å². The molecule has 0 aromatic rings. The molecule has 0 saturated heterocycles. The minimum atomic E-state index is -4.51. The Labute approximate surface area is 86.6 Å². The van der Waals surface area contributed by atoms with Gasteiger partial charge in [-0.15, -0.1) is 13.2 Å². The van der Waals surface area contributed by atoms with E-state index in [-0.39, 0.29) is 19.2 Å². The normalized spacial score (nSPS) is 14.4. The van der Waals surface area contributed by atoms with Crippen molar-refractivity contribution in [2.24, 2.45) is 0 Å². The quantitative estimate of drug-likeness (QED) is 0.679. The molecular formula is C8H16F3NOS. The molecule has 0 fully saturated rings. The summed E-state index contributed by atoms with van der Waals surface area (Å²) >= 11 is 1.75. The van der Waals surface area contributed by atoms with Gasteiger partial charge in [-0.2, -0.15) is 11.8 Å². The molecule has 0 radical (unpaired) electrons. The first-order chi connectivity index (χ1) is 6.45. The molecule has 1 atom stereocenters. The van der Waals surface area contributed by atoms with E-state index in [0.29, 0.717) is 0 Å². The van der Waals surface area contributed by atoms with Crippen LogP contribution in [0, 0.1) is 0 Å². The fraction of sp³-hybridized carbons (Fsp3) is 1.00. The Morgan fingerprint density at radius 3 is 2.57 bits per heavy atom. The summed E-state index contributed by atoms with van der Waals surface area (Å²) < 4.78 is 38.2. The van der Waals surface area contributed by atoms with Gasteiger partial charge >= 0.3 is 6.36 Å². The number of hydrogen-bond acceptors (Lipinski definition) is 3. The van der Waals surface area contributed by atoms with Gasteiger partial charge in [0.1, 0.15) is 0 Å². The lowest BCUT2D eigenvalue weighted by atomic mass is 10.4. The lowest BCUT2D eigenvalue weighted by Gasteiger charge is -2.13. The molecule has 0 rings (SSSR count). The average molecular weight is 231 g/mol. The lowest BCUT2D eigenvalue weighted by molar-refractivity contribution is -0.323. The molecule has 0 amide bonds. The van der Waals surface area contributed by atoms with Gasteiger partial charge in [-0.25, -0.2) is 0 Å². The van der Waals surface area contributed by atoms with Crippen LogP contribution in [-0.4, -0.2) is 37.1 Å². The largest absolute Gasteiger partial charge is 0.522 e. The van der Waals surface area contributed by atoms with E-state index >= 15 is 0 Å². The zero-order valence-corrected chi connectivity index (χ0v) is 9.17. The monoisotopic (exact) mass is 231 g/mol. The van der Waals surface area contributed by atoms with Crippen molar-refractivity contribution in [1.29, 1.82) is 0 Å². The van der Waals surface area contributed by atoms with E-state index in [1.807, 2.05) is 13.8 Å². The van der Waals surface area contributed by atoms with Crippen LogP contribution in [0.4, 0.5) is 13.2 Å². The topological polar surface area (TPSA) is 21.3 Å². The predicted octanol–water partition coefficient (Wildman–Crippen LogP) is 2.25. The third-order valence-corrected chi connectivity index (χ3v) is 2.58. The van der Waals surface area contributed by atoms with Crippen LogP contribution >= 0.6 is 11.8 Å². The van der Waals surface area contributed by atoms with Gasteiger partial charge in [-0.3, -0.25) is 4.74 Å². The third-order valence-electron chi connectivity index (χ3n) is 1.43. The molecule has 1 N–H and O–H groups in total. The molecule has 6 heteroatoms. The number of rotatable bonds is 7. The van der Waals surface area contributed by atoms with E-state index < -0.39 is 6.36 Å². The molecule has 14 heavy (non-hydrogen) atoms. The second-order valence-electron chi connectivity index (χ2n) is 2.81. The maximum atomic E-state index is 11.5. The van der Waals surface area contributed by atoms with Crippen LogP contribution < -0.4 is 5.32 Å². The Morgan fingerprint density at radius 1 is 1.43 bits per heavy atom. The maximum Gasteiger partial charge on any atom is 0.522 e. The Bertz CT molecular complexity index is 143. The molecule has 86 valence electrons.